The molecule has 0 amide bonds. The van der Waals surface area contributed by atoms with Gasteiger partial charge in [-0.25, -0.2) is 0 Å². The zero-order valence-electron chi connectivity index (χ0n) is 13.7. The standard InChI is InChI=1S/C16H33NO5/c1-2-3-4-5-6-7-8-9-10-17-15(13(20)11-18)16(22)14(21)12-19/h11,13-17,19-22H,2-10,12H2,1H3/t13-,14+,15-,16+/m0/s1. The Morgan fingerprint density at radius 3 is 2.00 bits per heavy atom. The lowest BCUT2D eigenvalue weighted by Crippen LogP contribution is -2.54. The maximum atomic E-state index is 10.7. The van der Waals surface area contributed by atoms with E-state index in [0.717, 1.165) is 19.3 Å². The predicted molar refractivity (Wildman–Crippen MR) is 85.6 cm³/mol. The van der Waals surface area contributed by atoms with Gasteiger partial charge in [0.2, 0.25) is 0 Å². The summed E-state index contributed by atoms with van der Waals surface area (Å²) in [4.78, 5) is 10.7. The van der Waals surface area contributed by atoms with E-state index in [1.54, 1.807) is 0 Å². The van der Waals surface area contributed by atoms with Crippen LogP contribution >= 0.6 is 0 Å². The number of hydrogen-bond acceptors (Lipinski definition) is 6. The second kappa shape index (κ2) is 14.1. The van der Waals surface area contributed by atoms with Crippen LogP contribution in [0.1, 0.15) is 58.3 Å². The van der Waals surface area contributed by atoms with E-state index in [0.29, 0.717) is 12.8 Å². The zero-order chi connectivity index (χ0) is 16.8. The van der Waals surface area contributed by atoms with Crippen molar-refractivity contribution in [1.82, 2.24) is 5.32 Å². The largest absolute Gasteiger partial charge is 0.394 e. The molecule has 0 aromatic carbocycles. The summed E-state index contributed by atoms with van der Waals surface area (Å²) >= 11 is 0. The number of rotatable bonds is 15. The summed E-state index contributed by atoms with van der Waals surface area (Å²) in [6.45, 7) is 2.11. The molecule has 0 unspecified atom stereocenters. The Morgan fingerprint density at radius 2 is 1.50 bits per heavy atom. The van der Waals surface area contributed by atoms with Crippen molar-refractivity contribution in [3.8, 4) is 0 Å². The molecule has 0 aromatic rings. The molecule has 0 aliphatic heterocycles. The lowest BCUT2D eigenvalue weighted by molar-refractivity contribution is -0.120. The van der Waals surface area contributed by atoms with Crippen LogP contribution in [0.5, 0.6) is 0 Å². The maximum Gasteiger partial charge on any atom is 0.150 e. The molecule has 0 aromatic heterocycles. The van der Waals surface area contributed by atoms with Gasteiger partial charge in [0, 0.05) is 0 Å². The van der Waals surface area contributed by atoms with E-state index in [4.69, 9.17) is 5.11 Å². The smallest absolute Gasteiger partial charge is 0.150 e. The molecule has 0 aliphatic carbocycles. The van der Waals surface area contributed by atoms with Crippen LogP contribution in [0, 0.1) is 0 Å². The molecule has 0 heterocycles. The van der Waals surface area contributed by atoms with Gasteiger partial charge in [0.05, 0.1) is 12.6 Å². The van der Waals surface area contributed by atoms with Crippen molar-refractivity contribution in [1.29, 1.82) is 0 Å². The van der Waals surface area contributed by atoms with Crippen molar-refractivity contribution in [3.05, 3.63) is 0 Å². The van der Waals surface area contributed by atoms with Gasteiger partial charge in [-0.15, -0.1) is 0 Å². The number of unbranched alkanes of at least 4 members (excludes halogenated alkanes) is 7. The molecular weight excluding hydrogens is 286 g/mol. The topological polar surface area (TPSA) is 110 Å². The fourth-order valence-electron chi connectivity index (χ4n) is 2.40. The normalized spacial score (nSPS) is 17.0. The number of carbonyl (C=O) groups excluding carboxylic acids is 1. The van der Waals surface area contributed by atoms with Crippen molar-refractivity contribution in [3.63, 3.8) is 0 Å². The Balaban J connectivity index is 3.87. The highest BCUT2D eigenvalue weighted by molar-refractivity contribution is 5.57. The van der Waals surface area contributed by atoms with Gasteiger partial charge in [-0.3, -0.25) is 0 Å². The van der Waals surface area contributed by atoms with Crippen LogP contribution < -0.4 is 5.32 Å². The number of aldehydes is 1. The first-order chi connectivity index (χ1) is 10.6. The van der Waals surface area contributed by atoms with Crippen LogP contribution in [0.25, 0.3) is 0 Å². The van der Waals surface area contributed by atoms with Crippen LogP contribution in [0.15, 0.2) is 0 Å². The quantitative estimate of drug-likeness (QED) is 0.220. The van der Waals surface area contributed by atoms with E-state index in [-0.39, 0.29) is 0 Å². The lowest BCUT2D eigenvalue weighted by atomic mass is 10.0. The minimum absolute atomic E-state index is 0.318. The summed E-state index contributed by atoms with van der Waals surface area (Å²) in [5, 5.41) is 40.5. The molecule has 6 nitrogen and oxygen atoms in total. The summed E-state index contributed by atoms with van der Waals surface area (Å²) in [6, 6.07) is -0.968. The fraction of sp³-hybridized carbons (Fsp3) is 0.938. The summed E-state index contributed by atoms with van der Waals surface area (Å²) < 4.78 is 0. The van der Waals surface area contributed by atoms with Crippen molar-refractivity contribution in [2.24, 2.45) is 0 Å². The number of hydrogen-bond donors (Lipinski definition) is 5. The molecule has 6 heteroatoms. The fourth-order valence-corrected chi connectivity index (χ4v) is 2.40. The number of aliphatic hydroxyl groups excluding tert-OH is 4. The third kappa shape index (κ3) is 9.48. The van der Waals surface area contributed by atoms with Crippen molar-refractivity contribution in [2.45, 2.75) is 82.6 Å². The Hall–Kier alpha value is -0.530. The van der Waals surface area contributed by atoms with Crippen molar-refractivity contribution in [2.75, 3.05) is 13.2 Å². The molecule has 22 heavy (non-hydrogen) atoms. The highest BCUT2D eigenvalue weighted by Gasteiger charge is 2.30. The van der Waals surface area contributed by atoms with Crippen LogP contribution in [0.4, 0.5) is 0 Å². The Labute approximate surface area is 133 Å². The predicted octanol–water partition coefficient (Wildman–Crippen LogP) is 0.359. The van der Waals surface area contributed by atoms with E-state index in [1.807, 2.05) is 0 Å². The second-order valence-corrected chi connectivity index (χ2v) is 5.82. The average molecular weight is 319 g/mol. The first-order valence-corrected chi connectivity index (χ1v) is 8.42. The molecule has 0 spiro atoms. The zero-order valence-corrected chi connectivity index (χ0v) is 13.7. The van der Waals surface area contributed by atoms with E-state index >= 15 is 0 Å². The molecule has 0 saturated carbocycles. The molecular formula is C16H33NO5. The average Bonchev–Trinajstić information content (AvgIpc) is 2.54. The molecule has 4 atom stereocenters. The van der Waals surface area contributed by atoms with Gasteiger partial charge < -0.3 is 30.5 Å². The molecule has 0 fully saturated rings. The number of nitrogens with one attached hydrogen (secondary N) is 1. The third-order valence-corrected chi connectivity index (χ3v) is 3.87. The molecule has 5 N–H and O–H groups in total. The summed E-state index contributed by atoms with van der Waals surface area (Å²) in [5.74, 6) is 0. The molecule has 0 radical (unpaired) electrons. The van der Waals surface area contributed by atoms with Crippen LogP contribution in [0.2, 0.25) is 0 Å². The van der Waals surface area contributed by atoms with E-state index in [1.165, 1.54) is 32.1 Å². The Bertz CT molecular complexity index is 265. The SMILES string of the molecule is CCCCCCCCCCN[C@H]([C@H](O)[C@H](O)CO)[C@@H](O)C=O. The molecule has 132 valence electrons. The van der Waals surface area contributed by atoms with E-state index < -0.39 is 31.0 Å². The highest BCUT2D eigenvalue weighted by atomic mass is 16.4. The number of aliphatic hydroxyl groups is 4. The van der Waals surface area contributed by atoms with Gasteiger partial charge >= 0.3 is 0 Å². The summed E-state index contributed by atoms with van der Waals surface area (Å²) in [7, 11) is 0. The second-order valence-electron chi connectivity index (χ2n) is 5.82. The van der Waals surface area contributed by atoms with Gasteiger partial charge in [0.25, 0.3) is 0 Å². The van der Waals surface area contributed by atoms with Crippen LogP contribution in [-0.2, 0) is 4.79 Å². The maximum absolute atomic E-state index is 10.7. The van der Waals surface area contributed by atoms with Gasteiger partial charge in [-0.1, -0.05) is 51.9 Å². The van der Waals surface area contributed by atoms with Gasteiger partial charge in [0.1, 0.15) is 24.6 Å². The lowest BCUT2D eigenvalue weighted by Gasteiger charge is -2.28. The third-order valence-electron chi connectivity index (χ3n) is 3.87. The minimum atomic E-state index is -1.41. The molecule has 0 saturated heterocycles. The van der Waals surface area contributed by atoms with E-state index in [9.17, 15) is 20.1 Å². The van der Waals surface area contributed by atoms with Crippen LogP contribution in [0.3, 0.4) is 0 Å². The molecule has 0 bridgehead atoms. The monoisotopic (exact) mass is 319 g/mol. The highest BCUT2D eigenvalue weighted by Crippen LogP contribution is 2.09. The van der Waals surface area contributed by atoms with E-state index in [2.05, 4.69) is 12.2 Å². The Morgan fingerprint density at radius 1 is 0.955 bits per heavy atom. The van der Waals surface area contributed by atoms with Gasteiger partial charge in [0.15, 0.2) is 0 Å². The first kappa shape index (κ1) is 21.5. The van der Waals surface area contributed by atoms with Gasteiger partial charge in [-0.05, 0) is 13.0 Å². The summed E-state index contributed by atoms with van der Waals surface area (Å²) in [5.41, 5.74) is 0. The minimum Gasteiger partial charge on any atom is -0.394 e. The van der Waals surface area contributed by atoms with Gasteiger partial charge in [-0.2, -0.15) is 0 Å². The van der Waals surface area contributed by atoms with Crippen molar-refractivity contribution < 1.29 is 25.2 Å². The first-order valence-electron chi connectivity index (χ1n) is 8.42. The van der Waals surface area contributed by atoms with Crippen LogP contribution in [-0.4, -0.2) is 64.2 Å². The molecule has 0 rings (SSSR count). The van der Waals surface area contributed by atoms with Crippen molar-refractivity contribution >= 4 is 6.29 Å². The summed E-state index contributed by atoms with van der Waals surface area (Å²) in [6.07, 6.45) is 5.49. The Kier molecular flexibility index (Phi) is 13.7. The number of carbonyl (C=O) groups is 1. The molecule has 0 aliphatic rings.